The fourth-order valence-corrected chi connectivity index (χ4v) is 2.24. The first-order valence-electron chi connectivity index (χ1n) is 6.92. The lowest BCUT2D eigenvalue weighted by Gasteiger charge is -2.18. The van der Waals surface area contributed by atoms with E-state index in [-0.39, 0.29) is 0 Å². The van der Waals surface area contributed by atoms with Gasteiger partial charge in [0.25, 0.3) is 0 Å². The minimum Gasteiger partial charge on any atom is -0.399 e. The summed E-state index contributed by atoms with van der Waals surface area (Å²) in [5, 5.41) is 3.63. The van der Waals surface area contributed by atoms with Crippen LogP contribution in [0.15, 0.2) is 54.6 Å². The van der Waals surface area contributed by atoms with Crippen molar-refractivity contribution in [3.63, 3.8) is 0 Å². The fourth-order valence-electron chi connectivity index (χ4n) is 2.24. The van der Waals surface area contributed by atoms with Gasteiger partial charge in [0.15, 0.2) is 0 Å². The maximum absolute atomic E-state index is 5.70. The minimum absolute atomic E-state index is 0.420. The van der Waals surface area contributed by atoms with Gasteiger partial charge in [-0.25, -0.2) is 0 Å². The second kappa shape index (κ2) is 6.95. The van der Waals surface area contributed by atoms with Crippen LogP contribution in [-0.4, -0.2) is 0 Å². The summed E-state index contributed by atoms with van der Waals surface area (Å²) in [6.07, 6.45) is 2.33. The van der Waals surface area contributed by atoms with Gasteiger partial charge in [-0.15, -0.1) is 0 Å². The van der Waals surface area contributed by atoms with Gasteiger partial charge in [0.2, 0.25) is 0 Å². The molecule has 2 aromatic carbocycles. The third kappa shape index (κ3) is 4.11. The molecule has 0 amide bonds. The molecule has 0 aliphatic heterocycles. The summed E-state index contributed by atoms with van der Waals surface area (Å²) < 4.78 is 0. The number of nitrogens with one attached hydrogen (secondary N) is 1. The van der Waals surface area contributed by atoms with Crippen LogP contribution in [0.4, 0.5) is 5.69 Å². The lowest BCUT2D eigenvalue weighted by molar-refractivity contribution is 0.493. The lowest BCUT2D eigenvalue weighted by Crippen LogP contribution is -2.20. The number of rotatable bonds is 6. The number of hydrogen-bond donors (Lipinski definition) is 2. The molecule has 2 rings (SSSR count). The Morgan fingerprint density at radius 3 is 2.32 bits per heavy atom. The molecule has 0 radical (unpaired) electrons. The van der Waals surface area contributed by atoms with Gasteiger partial charge in [0.05, 0.1) is 0 Å². The summed E-state index contributed by atoms with van der Waals surface area (Å²) in [6.45, 7) is 3.10. The highest BCUT2D eigenvalue weighted by atomic mass is 14.9. The van der Waals surface area contributed by atoms with Crippen LogP contribution in [0.25, 0.3) is 0 Å². The van der Waals surface area contributed by atoms with Crippen LogP contribution in [-0.2, 0) is 6.54 Å². The second-order valence-electron chi connectivity index (χ2n) is 4.87. The minimum atomic E-state index is 0.420. The topological polar surface area (TPSA) is 38.0 Å². The summed E-state index contributed by atoms with van der Waals surface area (Å²) in [7, 11) is 0. The molecule has 0 aliphatic carbocycles. The Bertz CT molecular complexity index is 476. The Morgan fingerprint density at radius 1 is 1.00 bits per heavy atom. The molecule has 0 aliphatic rings. The number of benzene rings is 2. The molecular weight excluding hydrogens is 232 g/mol. The third-order valence-electron chi connectivity index (χ3n) is 3.31. The first-order chi connectivity index (χ1) is 9.29. The van der Waals surface area contributed by atoms with Crippen LogP contribution in [0.5, 0.6) is 0 Å². The van der Waals surface area contributed by atoms with Crippen molar-refractivity contribution < 1.29 is 0 Å². The van der Waals surface area contributed by atoms with Gasteiger partial charge in [-0.3, -0.25) is 0 Å². The Morgan fingerprint density at radius 2 is 1.68 bits per heavy atom. The normalized spacial score (nSPS) is 12.3. The summed E-state index contributed by atoms with van der Waals surface area (Å²) in [6, 6.07) is 19.1. The molecule has 2 nitrogen and oxygen atoms in total. The molecule has 1 atom stereocenters. The molecular formula is C17H22N2. The zero-order chi connectivity index (χ0) is 13.5. The molecule has 0 fully saturated rings. The Labute approximate surface area is 115 Å². The summed E-state index contributed by atoms with van der Waals surface area (Å²) >= 11 is 0. The molecule has 0 saturated carbocycles. The van der Waals surface area contributed by atoms with E-state index in [0.717, 1.165) is 18.7 Å². The van der Waals surface area contributed by atoms with Crippen molar-refractivity contribution in [2.45, 2.75) is 32.4 Å². The Kier molecular flexibility index (Phi) is 4.99. The van der Waals surface area contributed by atoms with E-state index < -0.39 is 0 Å². The van der Waals surface area contributed by atoms with Crippen molar-refractivity contribution in [1.29, 1.82) is 0 Å². The van der Waals surface area contributed by atoms with Crippen molar-refractivity contribution in [3.8, 4) is 0 Å². The van der Waals surface area contributed by atoms with Gasteiger partial charge in [-0.1, -0.05) is 55.8 Å². The van der Waals surface area contributed by atoms with Crippen LogP contribution in [0.2, 0.25) is 0 Å². The third-order valence-corrected chi connectivity index (χ3v) is 3.31. The SMILES string of the molecule is CCC[C@H](NCc1ccc(N)cc1)c1ccccc1. The number of anilines is 1. The first-order valence-corrected chi connectivity index (χ1v) is 6.92. The maximum atomic E-state index is 5.70. The van der Waals surface area contributed by atoms with Gasteiger partial charge in [-0.05, 0) is 29.7 Å². The fraction of sp³-hybridized carbons (Fsp3) is 0.294. The summed E-state index contributed by atoms with van der Waals surface area (Å²) in [5.74, 6) is 0. The van der Waals surface area contributed by atoms with E-state index >= 15 is 0 Å². The summed E-state index contributed by atoms with van der Waals surface area (Å²) in [5.41, 5.74) is 9.15. The monoisotopic (exact) mass is 254 g/mol. The van der Waals surface area contributed by atoms with Crippen molar-refractivity contribution >= 4 is 5.69 Å². The number of nitrogens with two attached hydrogens (primary N) is 1. The van der Waals surface area contributed by atoms with Gasteiger partial charge in [0, 0.05) is 18.3 Å². The molecule has 0 unspecified atom stereocenters. The van der Waals surface area contributed by atoms with E-state index in [2.05, 4.69) is 54.7 Å². The van der Waals surface area contributed by atoms with E-state index in [1.54, 1.807) is 0 Å². The zero-order valence-corrected chi connectivity index (χ0v) is 11.5. The molecule has 0 saturated heterocycles. The van der Waals surface area contributed by atoms with Crippen molar-refractivity contribution in [2.24, 2.45) is 0 Å². The van der Waals surface area contributed by atoms with E-state index in [4.69, 9.17) is 5.73 Å². The van der Waals surface area contributed by atoms with Crippen LogP contribution in [0, 0.1) is 0 Å². The average Bonchev–Trinajstić information content (AvgIpc) is 2.46. The van der Waals surface area contributed by atoms with Crippen LogP contribution >= 0.6 is 0 Å². The molecule has 2 aromatic rings. The molecule has 100 valence electrons. The smallest absolute Gasteiger partial charge is 0.0323 e. The molecule has 3 N–H and O–H groups in total. The molecule has 0 heterocycles. The average molecular weight is 254 g/mol. The maximum Gasteiger partial charge on any atom is 0.0323 e. The Balaban J connectivity index is 1.99. The zero-order valence-electron chi connectivity index (χ0n) is 11.5. The van der Waals surface area contributed by atoms with E-state index in [1.807, 2.05) is 12.1 Å². The lowest BCUT2D eigenvalue weighted by atomic mass is 10.0. The van der Waals surface area contributed by atoms with Crippen molar-refractivity contribution in [3.05, 3.63) is 65.7 Å². The van der Waals surface area contributed by atoms with E-state index in [0.29, 0.717) is 6.04 Å². The van der Waals surface area contributed by atoms with E-state index in [1.165, 1.54) is 17.5 Å². The molecule has 19 heavy (non-hydrogen) atoms. The van der Waals surface area contributed by atoms with Gasteiger partial charge in [0.1, 0.15) is 0 Å². The highest BCUT2D eigenvalue weighted by Crippen LogP contribution is 2.19. The highest BCUT2D eigenvalue weighted by molar-refractivity contribution is 5.39. The molecule has 2 heteroatoms. The number of nitrogen functional groups attached to an aromatic ring is 1. The van der Waals surface area contributed by atoms with Crippen molar-refractivity contribution in [1.82, 2.24) is 5.32 Å². The summed E-state index contributed by atoms with van der Waals surface area (Å²) in [4.78, 5) is 0. The first kappa shape index (κ1) is 13.6. The number of hydrogen-bond acceptors (Lipinski definition) is 2. The standard InChI is InChI=1S/C17H22N2/c1-2-6-17(15-7-4-3-5-8-15)19-13-14-9-11-16(18)12-10-14/h3-5,7-12,17,19H,2,6,13,18H2,1H3/t17-/m0/s1. The second-order valence-corrected chi connectivity index (χ2v) is 4.87. The van der Waals surface area contributed by atoms with Crippen molar-refractivity contribution in [2.75, 3.05) is 5.73 Å². The Hall–Kier alpha value is -1.80. The van der Waals surface area contributed by atoms with Crippen LogP contribution in [0.1, 0.15) is 36.9 Å². The largest absolute Gasteiger partial charge is 0.399 e. The quantitative estimate of drug-likeness (QED) is 0.767. The van der Waals surface area contributed by atoms with Crippen LogP contribution in [0.3, 0.4) is 0 Å². The highest BCUT2D eigenvalue weighted by Gasteiger charge is 2.09. The van der Waals surface area contributed by atoms with Crippen LogP contribution < -0.4 is 11.1 Å². The molecule has 0 aromatic heterocycles. The molecule has 0 spiro atoms. The molecule has 0 bridgehead atoms. The van der Waals surface area contributed by atoms with Gasteiger partial charge < -0.3 is 11.1 Å². The predicted molar refractivity (Wildman–Crippen MR) is 81.8 cm³/mol. The predicted octanol–water partition coefficient (Wildman–Crippen LogP) is 3.90. The van der Waals surface area contributed by atoms with Gasteiger partial charge >= 0.3 is 0 Å². The van der Waals surface area contributed by atoms with Gasteiger partial charge in [-0.2, -0.15) is 0 Å². The van der Waals surface area contributed by atoms with E-state index in [9.17, 15) is 0 Å².